The van der Waals surface area contributed by atoms with Crippen LogP contribution < -0.4 is 16.1 Å². The fourth-order valence-corrected chi connectivity index (χ4v) is 3.68. The number of aromatic amines is 1. The number of rotatable bonds is 3. The second-order valence-electron chi connectivity index (χ2n) is 6.36. The number of fused-ring (bicyclic) bond motifs is 3. The van der Waals surface area contributed by atoms with Gasteiger partial charge in [0.15, 0.2) is 0 Å². The van der Waals surface area contributed by atoms with Crippen LogP contribution in [0, 0.1) is 5.92 Å². The Labute approximate surface area is 134 Å². The Kier molecular flexibility index (Phi) is 3.66. The number of nitrogens with one attached hydrogen (secondary N) is 4. The molecule has 2 aromatic rings. The van der Waals surface area contributed by atoms with Crippen LogP contribution in [-0.2, 0) is 11.3 Å². The molecule has 23 heavy (non-hydrogen) atoms. The predicted octanol–water partition coefficient (Wildman–Crippen LogP) is 1.17. The highest BCUT2D eigenvalue weighted by molar-refractivity contribution is 5.85. The third-order valence-electron chi connectivity index (χ3n) is 4.81. The third-order valence-corrected chi connectivity index (χ3v) is 4.81. The minimum absolute atomic E-state index is 0.00371. The van der Waals surface area contributed by atoms with E-state index < -0.39 is 0 Å². The van der Waals surface area contributed by atoms with Crippen LogP contribution in [0.3, 0.4) is 0 Å². The topological polar surface area (TPSA) is 85.1 Å². The van der Waals surface area contributed by atoms with E-state index in [-0.39, 0.29) is 12.1 Å². The van der Waals surface area contributed by atoms with Gasteiger partial charge in [-0.15, -0.1) is 0 Å². The van der Waals surface area contributed by atoms with E-state index in [1.807, 2.05) is 12.4 Å². The van der Waals surface area contributed by atoms with Gasteiger partial charge < -0.3 is 21.0 Å². The lowest BCUT2D eigenvalue weighted by Crippen LogP contribution is -2.54. The Hall–Kier alpha value is -2.12. The van der Waals surface area contributed by atoms with E-state index in [4.69, 9.17) is 0 Å². The number of piperidine rings is 1. The minimum Gasteiger partial charge on any atom is -0.346 e. The number of hydrazine groups is 1. The minimum atomic E-state index is -0.00371. The van der Waals surface area contributed by atoms with Crippen molar-refractivity contribution in [1.29, 1.82) is 0 Å². The van der Waals surface area contributed by atoms with Crippen LogP contribution in [-0.4, -0.2) is 40.1 Å². The summed E-state index contributed by atoms with van der Waals surface area (Å²) in [5.41, 5.74) is 6.61. The summed E-state index contributed by atoms with van der Waals surface area (Å²) < 4.78 is 0. The molecule has 2 aromatic heterocycles. The van der Waals surface area contributed by atoms with Crippen molar-refractivity contribution in [3.8, 4) is 0 Å². The van der Waals surface area contributed by atoms with Crippen molar-refractivity contribution >= 4 is 22.6 Å². The molecule has 1 atom stereocenters. The van der Waals surface area contributed by atoms with Gasteiger partial charge in [0.1, 0.15) is 11.8 Å². The van der Waals surface area contributed by atoms with Gasteiger partial charge in [-0.3, -0.25) is 4.79 Å². The summed E-state index contributed by atoms with van der Waals surface area (Å²) in [7, 11) is 0. The van der Waals surface area contributed by atoms with Crippen molar-refractivity contribution in [3.05, 3.63) is 24.0 Å². The molecule has 7 heteroatoms. The number of hydrogen-bond acceptors (Lipinski definition) is 5. The molecule has 0 saturated carbocycles. The summed E-state index contributed by atoms with van der Waals surface area (Å²) in [6.45, 7) is 4.36. The molecular weight excluding hydrogens is 292 g/mol. The summed E-state index contributed by atoms with van der Waals surface area (Å²) in [6.07, 6.45) is 5.91. The van der Waals surface area contributed by atoms with E-state index in [2.05, 4.69) is 37.1 Å². The Bertz CT molecular complexity index is 720. The predicted molar refractivity (Wildman–Crippen MR) is 88.5 cm³/mol. The molecule has 0 aliphatic carbocycles. The van der Waals surface area contributed by atoms with Gasteiger partial charge >= 0.3 is 0 Å². The van der Waals surface area contributed by atoms with E-state index in [0.29, 0.717) is 5.92 Å². The Morgan fingerprint density at radius 3 is 3.04 bits per heavy atom. The lowest BCUT2D eigenvalue weighted by atomic mass is 9.94. The maximum Gasteiger partial charge on any atom is 0.218 e. The summed E-state index contributed by atoms with van der Waals surface area (Å²) in [4.78, 5) is 19.3. The van der Waals surface area contributed by atoms with Crippen molar-refractivity contribution < 1.29 is 4.79 Å². The normalized spacial score (nSPS) is 20.2. The molecule has 122 valence electrons. The molecule has 2 aliphatic rings. The Balaban J connectivity index is 1.61. The van der Waals surface area contributed by atoms with Gasteiger partial charge in [0, 0.05) is 30.6 Å². The monoisotopic (exact) mass is 314 g/mol. The molecule has 4 rings (SSSR count). The maximum atomic E-state index is 11.7. The van der Waals surface area contributed by atoms with E-state index in [0.717, 1.165) is 49.2 Å². The Morgan fingerprint density at radius 1 is 1.43 bits per heavy atom. The molecule has 1 unspecified atom stereocenters. The van der Waals surface area contributed by atoms with Crippen LogP contribution in [0.4, 0.5) is 5.69 Å². The van der Waals surface area contributed by atoms with Gasteiger partial charge in [-0.05, 0) is 37.9 Å². The lowest BCUT2D eigenvalue weighted by Gasteiger charge is -2.36. The quantitative estimate of drug-likeness (QED) is 0.683. The van der Waals surface area contributed by atoms with E-state index in [1.165, 1.54) is 5.56 Å². The van der Waals surface area contributed by atoms with E-state index in [1.54, 1.807) is 6.92 Å². The number of anilines is 1. The maximum absolute atomic E-state index is 11.7. The average Bonchev–Trinajstić information content (AvgIpc) is 3.18. The fraction of sp³-hybridized carbons (Fsp3) is 0.500. The molecule has 4 heterocycles. The molecule has 7 nitrogen and oxygen atoms in total. The third kappa shape index (κ3) is 2.66. The van der Waals surface area contributed by atoms with Gasteiger partial charge in [0.2, 0.25) is 5.91 Å². The van der Waals surface area contributed by atoms with Crippen LogP contribution in [0.5, 0.6) is 0 Å². The SMILES string of the molecule is CC(=O)NC(C1CCNCC1)N1Cc2c(cnc3[nH]ccc23)N1. The second kappa shape index (κ2) is 5.82. The van der Waals surface area contributed by atoms with Crippen molar-refractivity contribution in [2.24, 2.45) is 5.92 Å². The second-order valence-corrected chi connectivity index (χ2v) is 6.36. The smallest absolute Gasteiger partial charge is 0.218 e. The average molecular weight is 314 g/mol. The summed E-state index contributed by atoms with van der Waals surface area (Å²) in [5, 5.41) is 9.81. The number of aromatic nitrogens is 2. The van der Waals surface area contributed by atoms with Crippen LogP contribution in [0.15, 0.2) is 18.5 Å². The van der Waals surface area contributed by atoms with Crippen molar-refractivity contribution in [2.45, 2.75) is 32.5 Å². The first-order chi connectivity index (χ1) is 11.2. The largest absolute Gasteiger partial charge is 0.346 e. The molecular formula is C16H22N6O. The standard InChI is InChI=1S/C16H22N6O/c1-10(23)20-16(11-2-5-17-6-3-11)22-9-13-12-4-7-18-15(12)19-8-14(13)21-22/h4,7-8,11,16-17,21H,2-3,5-6,9H2,1H3,(H,18,19)(H,20,23). The number of nitrogens with zero attached hydrogens (tertiary/aromatic N) is 2. The Morgan fingerprint density at radius 2 is 2.26 bits per heavy atom. The highest BCUT2D eigenvalue weighted by Gasteiger charge is 2.34. The first-order valence-corrected chi connectivity index (χ1v) is 8.18. The zero-order valence-corrected chi connectivity index (χ0v) is 13.2. The number of carbonyl (C=O) groups is 1. The van der Waals surface area contributed by atoms with E-state index >= 15 is 0 Å². The number of amides is 1. The van der Waals surface area contributed by atoms with Crippen LogP contribution in [0.25, 0.3) is 11.0 Å². The van der Waals surface area contributed by atoms with Crippen LogP contribution >= 0.6 is 0 Å². The first kappa shape index (κ1) is 14.5. The molecule has 2 aliphatic heterocycles. The summed E-state index contributed by atoms with van der Waals surface area (Å²) in [5.74, 6) is 0.452. The molecule has 0 radical (unpaired) electrons. The molecule has 0 bridgehead atoms. The highest BCUT2D eigenvalue weighted by Crippen LogP contribution is 2.33. The van der Waals surface area contributed by atoms with Gasteiger partial charge in [0.25, 0.3) is 0 Å². The van der Waals surface area contributed by atoms with Gasteiger partial charge in [-0.25, -0.2) is 4.98 Å². The number of pyridine rings is 1. The van der Waals surface area contributed by atoms with Gasteiger partial charge in [-0.2, -0.15) is 5.01 Å². The molecule has 0 aromatic carbocycles. The van der Waals surface area contributed by atoms with Gasteiger partial charge in [0.05, 0.1) is 11.9 Å². The molecule has 4 N–H and O–H groups in total. The number of hydrogen-bond donors (Lipinski definition) is 4. The first-order valence-electron chi connectivity index (χ1n) is 8.18. The zero-order valence-electron chi connectivity index (χ0n) is 13.2. The molecule has 1 fully saturated rings. The molecule has 1 amide bonds. The van der Waals surface area contributed by atoms with Crippen molar-refractivity contribution in [2.75, 3.05) is 18.5 Å². The van der Waals surface area contributed by atoms with Crippen LogP contribution in [0.1, 0.15) is 25.3 Å². The number of carbonyl (C=O) groups excluding carboxylic acids is 1. The molecule has 1 saturated heterocycles. The lowest BCUT2D eigenvalue weighted by molar-refractivity contribution is -0.121. The highest BCUT2D eigenvalue weighted by atomic mass is 16.1. The summed E-state index contributed by atoms with van der Waals surface area (Å²) in [6, 6.07) is 2.06. The number of H-pyrrole nitrogens is 1. The fourth-order valence-electron chi connectivity index (χ4n) is 3.68. The summed E-state index contributed by atoms with van der Waals surface area (Å²) >= 11 is 0. The van der Waals surface area contributed by atoms with Crippen LogP contribution in [0.2, 0.25) is 0 Å². The molecule has 0 spiro atoms. The van der Waals surface area contributed by atoms with Gasteiger partial charge in [-0.1, -0.05) is 0 Å². The zero-order chi connectivity index (χ0) is 15.8. The van der Waals surface area contributed by atoms with Crippen molar-refractivity contribution in [1.82, 2.24) is 25.6 Å². The van der Waals surface area contributed by atoms with E-state index in [9.17, 15) is 4.79 Å². The van der Waals surface area contributed by atoms with Crippen molar-refractivity contribution in [3.63, 3.8) is 0 Å².